The van der Waals surface area contributed by atoms with Crippen molar-refractivity contribution in [2.45, 2.75) is 25.7 Å². The summed E-state index contributed by atoms with van der Waals surface area (Å²) < 4.78 is 0. The predicted molar refractivity (Wildman–Crippen MR) is 293 cm³/mol. The standard InChI is InChI=1S/C52H56N8S7/c1-53-21-25-57(33-53)17-11-37-15-29-61-49(37)43-7-9-45(64-43)51-39(13-19-59-27-23-55(3)35-59)31-47(66-51)41-5-6-42(63-41)48-32-40(14-20-60-28-24-56(4)36-60)52(67-48)46-10-8-44(65-46)50-38(16-30-62-50)12-18-58-26-22-54(2)34-58/h5-10,15-16,21-32H,11-14,17-20,33-36H2,1-4H3. The van der Waals surface area contributed by atoms with Crippen LogP contribution >= 0.6 is 79.4 Å². The molecular formula is C52H56N8S7. The molecule has 67 heavy (non-hydrogen) atoms. The van der Waals surface area contributed by atoms with Crippen LogP contribution in [0.2, 0.25) is 0 Å². The van der Waals surface area contributed by atoms with E-state index in [1.165, 1.54) is 80.8 Å². The summed E-state index contributed by atoms with van der Waals surface area (Å²) in [6, 6.07) is 24.0. The van der Waals surface area contributed by atoms with Crippen molar-refractivity contribution in [3.8, 4) is 58.5 Å². The van der Waals surface area contributed by atoms with Gasteiger partial charge in [-0.25, -0.2) is 0 Å². The lowest BCUT2D eigenvalue weighted by Crippen LogP contribution is -2.24. The second kappa shape index (κ2) is 19.7. The van der Waals surface area contributed by atoms with Crippen LogP contribution < -0.4 is 0 Å². The topological polar surface area (TPSA) is 25.9 Å². The van der Waals surface area contributed by atoms with Crippen molar-refractivity contribution >= 4 is 79.4 Å². The van der Waals surface area contributed by atoms with E-state index in [1.54, 1.807) is 0 Å². The zero-order chi connectivity index (χ0) is 45.4. The molecule has 346 valence electrons. The lowest BCUT2D eigenvalue weighted by atomic mass is 10.1. The maximum atomic E-state index is 2.51. The molecule has 0 saturated carbocycles. The van der Waals surface area contributed by atoms with E-state index in [4.69, 9.17) is 0 Å². The van der Waals surface area contributed by atoms with Crippen LogP contribution in [0.1, 0.15) is 22.3 Å². The molecule has 4 aliphatic heterocycles. The van der Waals surface area contributed by atoms with Crippen LogP contribution in [0.15, 0.2) is 121 Å². The van der Waals surface area contributed by atoms with E-state index in [0.717, 1.165) is 78.5 Å². The van der Waals surface area contributed by atoms with Crippen molar-refractivity contribution in [1.29, 1.82) is 0 Å². The van der Waals surface area contributed by atoms with Crippen LogP contribution in [0.5, 0.6) is 0 Å². The van der Waals surface area contributed by atoms with Gasteiger partial charge in [0.15, 0.2) is 0 Å². The minimum absolute atomic E-state index is 0.946. The van der Waals surface area contributed by atoms with E-state index in [9.17, 15) is 0 Å². The fraction of sp³-hybridized carbons (Fsp3) is 0.308. The Labute approximate surface area is 423 Å². The Morgan fingerprint density at radius 3 is 0.985 bits per heavy atom. The van der Waals surface area contributed by atoms with Crippen LogP contribution in [-0.2, 0) is 25.7 Å². The largest absolute Gasteiger partial charge is 0.362 e. The molecule has 0 fully saturated rings. The molecule has 4 aliphatic rings. The molecule has 0 unspecified atom stereocenters. The zero-order valence-corrected chi connectivity index (χ0v) is 44.2. The van der Waals surface area contributed by atoms with Crippen molar-refractivity contribution < 1.29 is 0 Å². The van der Waals surface area contributed by atoms with Gasteiger partial charge in [-0.2, -0.15) is 0 Å². The van der Waals surface area contributed by atoms with Crippen LogP contribution in [-0.4, -0.2) is 120 Å². The van der Waals surface area contributed by atoms with Crippen molar-refractivity contribution in [3.63, 3.8) is 0 Å². The molecule has 7 aromatic heterocycles. The maximum Gasteiger partial charge on any atom is 0.0890 e. The highest BCUT2D eigenvalue weighted by atomic mass is 32.1. The van der Waals surface area contributed by atoms with Gasteiger partial charge in [-0.05, 0) is 119 Å². The second-order valence-electron chi connectivity index (χ2n) is 18.0. The summed E-state index contributed by atoms with van der Waals surface area (Å²) in [4.78, 5) is 35.3. The van der Waals surface area contributed by atoms with Gasteiger partial charge < -0.3 is 39.2 Å². The molecule has 0 saturated heterocycles. The van der Waals surface area contributed by atoms with E-state index in [-0.39, 0.29) is 0 Å². The number of nitrogens with zero attached hydrogens (tertiary/aromatic N) is 8. The quantitative estimate of drug-likeness (QED) is 0.0839. The summed E-state index contributed by atoms with van der Waals surface area (Å²) in [5, 5.41) is 4.55. The first kappa shape index (κ1) is 44.7. The Hall–Kier alpha value is -4.74. The Balaban J connectivity index is 0.861. The van der Waals surface area contributed by atoms with E-state index in [2.05, 4.69) is 188 Å². The highest BCUT2D eigenvalue weighted by Crippen LogP contribution is 2.49. The summed E-state index contributed by atoms with van der Waals surface area (Å²) in [6.07, 6.45) is 21.8. The molecule has 0 bridgehead atoms. The molecule has 0 aliphatic carbocycles. The number of thiophene rings is 7. The monoisotopic (exact) mass is 1020 g/mol. The Morgan fingerprint density at radius 1 is 0.328 bits per heavy atom. The second-order valence-corrected chi connectivity index (χ2v) is 25.2. The Morgan fingerprint density at radius 2 is 0.642 bits per heavy atom. The molecule has 7 aromatic rings. The van der Waals surface area contributed by atoms with Crippen LogP contribution in [0.3, 0.4) is 0 Å². The van der Waals surface area contributed by atoms with Gasteiger partial charge in [0.2, 0.25) is 0 Å². The van der Waals surface area contributed by atoms with Gasteiger partial charge in [0.05, 0.1) is 26.7 Å². The first-order chi connectivity index (χ1) is 32.7. The molecule has 11 heterocycles. The number of rotatable bonds is 18. The van der Waals surface area contributed by atoms with E-state index >= 15 is 0 Å². The molecule has 0 aromatic carbocycles. The van der Waals surface area contributed by atoms with Gasteiger partial charge in [0.25, 0.3) is 0 Å². The van der Waals surface area contributed by atoms with E-state index < -0.39 is 0 Å². The predicted octanol–water partition coefficient (Wildman–Crippen LogP) is 13.0. The third kappa shape index (κ3) is 10.1. The van der Waals surface area contributed by atoms with Gasteiger partial charge in [0, 0.05) is 162 Å². The highest BCUT2D eigenvalue weighted by molar-refractivity contribution is 7.31. The van der Waals surface area contributed by atoms with Gasteiger partial charge in [-0.1, -0.05) is 0 Å². The van der Waals surface area contributed by atoms with Gasteiger partial charge in [0.1, 0.15) is 0 Å². The van der Waals surface area contributed by atoms with Gasteiger partial charge in [-0.3, -0.25) is 0 Å². The van der Waals surface area contributed by atoms with Crippen molar-refractivity contribution in [2.24, 2.45) is 0 Å². The van der Waals surface area contributed by atoms with Crippen LogP contribution in [0, 0.1) is 0 Å². The smallest absolute Gasteiger partial charge is 0.0890 e. The van der Waals surface area contributed by atoms with Crippen molar-refractivity contribution in [1.82, 2.24) is 39.2 Å². The first-order valence-corrected chi connectivity index (χ1v) is 28.8. The summed E-state index contributed by atoms with van der Waals surface area (Å²) in [6.45, 7) is 7.91. The molecule has 0 atom stereocenters. The average Bonchev–Trinajstić information content (AvgIpc) is 4.16. The SMILES string of the molecule is CN1C=CN(CCc2ccsc2-c2ccc(-c3sc(-c4ccc(-c5cc(CCN6C=CN(C)C6)c(-c6ccc(-c7sccc7CCN7C=CN(C)C7)s6)s5)s4)cc3CCN3C=CN(C)C3)s2)C1. The van der Waals surface area contributed by atoms with Crippen LogP contribution in [0.4, 0.5) is 0 Å². The minimum atomic E-state index is 0.946. The number of hydrogen-bond acceptors (Lipinski definition) is 15. The molecule has 8 nitrogen and oxygen atoms in total. The Bertz CT molecular complexity index is 2740. The molecule has 15 heteroatoms. The van der Waals surface area contributed by atoms with Crippen molar-refractivity contribution in [2.75, 3.05) is 81.0 Å². The first-order valence-electron chi connectivity index (χ1n) is 22.9. The zero-order valence-electron chi connectivity index (χ0n) is 38.5. The van der Waals surface area contributed by atoms with E-state index in [0.29, 0.717) is 0 Å². The maximum absolute atomic E-state index is 2.51. The summed E-state index contributed by atoms with van der Waals surface area (Å²) in [7, 11) is 8.59. The minimum Gasteiger partial charge on any atom is -0.362 e. The third-order valence-electron chi connectivity index (χ3n) is 12.7. The Kier molecular flexibility index (Phi) is 13.2. The van der Waals surface area contributed by atoms with Gasteiger partial charge >= 0.3 is 0 Å². The molecule has 0 spiro atoms. The number of hydrogen-bond donors (Lipinski definition) is 0. The third-order valence-corrected chi connectivity index (χ3v) is 21.4. The summed E-state index contributed by atoms with van der Waals surface area (Å²) in [5.74, 6) is 0. The fourth-order valence-electron chi connectivity index (χ4n) is 9.15. The fourth-order valence-corrected chi connectivity index (χ4v) is 17.3. The highest BCUT2D eigenvalue weighted by Gasteiger charge is 2.23. The van der Waals surface area contributed by atoms with Crippen molar-refractivity contribution in [3.05, 3.63) is 143 Å². The summed E-state index contributed by atoms with van der Waals surface area (Å²) >= 11 is 13.6. The van der Waals surface area contributed by atoms with E-state index in [1.807, 2.05) is 79.4 Å². The molecule has 0 radical (unpaired) electrons. The normalized spacial score (nSPS) is 15.8. The van der Waals surface area contributed by atoms with Crippen LogP contribution in [0.25, 0.3) is 58.5 Å². The lowest BCUT2D eigenvalue weighted by Gasteiger charge is -2.18. The molecule has 0 amide bonds. The lowest BCUT2D eigenvalue weighted by molar-refractivity contribution is 0.299. The molecule has 0 N–H and O–H groups in total. The molecule has 11 rings (SSSR count). The average molecular weight is 1020 g/mol. The molecular weight excluding hydrogens is 961 g/mol. The van der Waals surface area contributed by atoms with Gasteiger partial charge in [-0.15, -0.1) is 79.4 Å². The summed E-state index contributed by atoms with van der Waals surface area (Å²) in [5.41, 5.74) is 5.81.